The van der Waals surface area contributed by atoms with Gasteiger partial charge in [0.15, 0.2) is 23.1 Å². The molecule has 127 heavy (non-hydrogen) atoms. The Kier molecular flexibility index (Phi) is 17.5. The summed E-state index contributed by atoms with van der Waals surface area (Å²) in [7, 11) is 0. The number of ether oxygens (including phenoxy) is 4. The van der Waals surface area contributed by atoms with Crippen molar-refractivity contribution >= 4 is 200 Å². The summed E-state index contributed by atoms with van der Waals surface area (Å²) in [5.74, 6) is -3.99. The number of aliphatic hydroxyl groups excluding tert-OH is 1. The lowest BCUT2D eigenvalue weighted by Crippen LogP contribution is -2.41. The maximum Gasteiger partial charge on any atom is 0.344 e. The van der Waals surface area contributed by atoms with Crippen molar-refractivity contribution in [3.63, 3.8) is 0 Å². The predicted octanol–water partition coefficient (Wildman–Crippen LogP) is 21.3. The molecule has 20 heteroatoms. The van der Waals surface area contributed by atoms with E-state index >= 15 is 4.79 Å². The van der Waals surface area contributed by atoms with Crippen molar-refractivity contribution in [1.82, 2.24) is 14.7 Å². The van der Waals surface area contributed by atoms with Crippen LogP contribution in [0.15, 0.2) is 243 Å². The van der Waals surface area contributed by atoms with Gasteiger partial charge in [0.2, 0.25) is 0 Å². The third-order valence-corrected chi connectivity index (χ3v) is 25.6. The van der Waals surface area contributed by atoms with E-state index in [1.807, 2.05) is 48.5 Å². The van der Waals surface area contributed by atoms with E-state index in [9.17, 15) is 57.8 Å². The quantitative estimate of drug-likeness (QED) is 0.0175. The van der Waals surface area contributed by atoms with E-state index in [1.165, 1.54) is 37.5 Å². The average Bonchev–Trinajstić information content (AvgIpc) is 0.751. The number of amides is 6. The first-order valence-electron chi connectivity index (χ1n) is 41.6. The summed E-state index contributed by atoms with van der Waals surface area (Å²) in [6, 6.07) is 69.7. The number of carbonyl (C=O) groups is 12. The molecule has 0 atom stereocenters. The summed E-state index contributed by atoms with van der Waals surface area (Å²) in [6.45, 7) is 5.38. The summed E-state index contributed by atoms with van der Waals surface area (Å²) in [5.41, 5.74) is 4.68. The van der Waals surface area contributed by atoms with Crippen molar-refractivity contribution in [1.29, 1.82) is 0 Å². The maximum absolute atomic E-state index is 15.1. The first kappa shape index (κ1) is 76.8. The lowest BCUT2D eigenvalue weighted by atomic mass is 9.81. The fourth-order valence-electron chi connectivity index (χ4n) is 20.0. The van der Waals surface area contributed by atoms with Gasteiger partial charge in [-0.1, -0.05) is 140 Å². The molecule has 3 aliphatic heterocycles. The van der Waals surface area contributed by atoms with Crippen LogP contribution in [0.1, 0.15) is 170 Å². The number of esters is 2. The van der Waals surface area contributed by atoms with Gasteiger partial charge < -0.3 is 24.1 Å². The number of hydrogen-bond acceptors (Lipinski definition) is 17. The number of carbonyl (C=O) groups excluding carboxylic acids is 12. The standard InChI is InChI=1S/C107H67N3O17/c1-52(112)62-24-27-65-67-29-37-75-92-76(38-30-68(89(67)92)66-28-25-63(53(2)113)86(62)88(65)66)102(118)109(101(75)117)47-44-56-16-20-60(21-17-56)124-84-50-82(55(4)115)87-64(54(3)114)26-35-73-97-85(51-83-94-79(100(116)108(105(83)121)46-11-49-111)41-36-74(99(94)97)96(84)98(73)87)125-61-22-18-57(19-23-61)45-48-110-103(119)77-39-31-69-71-33-42-80(106(122)126-58-12-7-5-8-13-58)95-81(107(123)127-59-14-9-6-10-15-59)43-34-72(91(71)95)70-32-40-78(104(110)120)93(77)90(69)70/h5-10,12-43,50-51,111H,11,44-49H2,1-4H3. The fraction of sp³-hybridized carbons (Fsp3) is 0.103. The van der Waals surface area contributed by atoms with Gasteiger partial charge in [0, 0.05) is 130 Å². The molecular formula is C107H67N3O17. The third kappa shape index (κ3) is 11.6. The van der Waals surface area contributed by atoms with Crippen molar-refractivity contribution in [2.45, 2.75) is 47.0 Å². The summed E-state index contributed by atoms with van der Waals surface area (Å²) >= 11 is 0. The molecular weight excluding hydrogens is 1600 g/mol. The van der Waals surface area contributed by atoms with Gasteiger partial charge in [-0.05, 0) is 237 Å². The van der Waals surface area contributed by atoms with Gasteiger partial charge in [-0.15, -0.1) is 0 Å². The van der Waals surface area contributed by atoms with E-state index in [4.69, 9.17) is 18.9 Å². The number of hydrogen-bond donors (Lipinski definition) is 1. The molecule has 3 heterocycles. The van der Waals surface area contributed by atoms with Crippen LogP contribution in [0, 0.1) is 0 Å². The Balaban J connectivity index is 0.576. The molecule has 0 spiro atoms. The van der Waals surface area contributed by atoms with Gasteiger partial charge in [0.25, 0.3) is 35.4 Å². The normalized spacial score (nSPS) is 13.4. The molecule has 22 rings (SSSR count). The number of imide groups is 3. The molecule has 0 saturated carbocycles. The van der Waals surface area contributed by atoms with Gasteiger partial charge in [-0.3, -0.25) is 62.6 Å². The van der Waals surface area contributed by atoms with Crippen LogP contribution in [-0.4, -0.2) is 117 Å². The molecule has 0 saturated heterocycles. The number of benzene rings is 19. The monoisotopic (exact) mass is 1670 g/mol. The Morgan fingerprint density at radius 3 is 0.921 bits per heavy atom. The number of nitrogens with zero attached hydrogens (tertiary/aromatic N) is 3. The Labute approximate surface area is 720 Å². The average molecular weight is 1670 g/mol. The zero-order valence-electron chi connectivity index (χ0n) is 68.4. The number of ketones is 4. The Morgan fingerprint density at radius 1 is 0.260 bits per heavy atom. The summed E-state index contributed by atoms with van der Waals surface area (Å²) in [4.78, 5) is 176. The molecule has 0 unspecified atom stereocenters. The topological polar surface area (TPSA) is 272 Å². The molecule has 0 aromatic heterocycles. The predicted molar refractivity (Wildman–Crippen MR) is 484 cm³/mol. The fourth-order valence-corrected chi connectivity index (χ4v) is 20.0. The summed E-state index contributed by atoms with van der Waals surface area (Å²) < 4.78 is 25.8. The first-order valence-corrected chi connectivity index (χ1v) is 41.6. The number of para-hydroxylation sites is 2. The Hall–Kier alpha value is -16.3. The third-order valence-electron chi connectivity index (χ3n) is 25.6. The molecule has 0 bridgehead atoms. The number of fused-ring (bicyclic) bond motifs is 6. The lowest BCUT2D eigenvalue weighted by molar-refractivity contribution is 0.0588. The molecule has 0 radical (unpaired) electrons. The van der Waals surface area contributed by atoms with Crippen molar-refractivity contribution in [3.8, 4) is 34.5 Å². The van der Waals surface area contributed by atoms with Gasteiger partial charge in [0.1, 0.15) is 34.5 Å². The molecule has 19 aromatic rings. The number of rotatable bonds is 21. The second-order valence-corrected chi connectivity index (χ2v) is 32.7. The van der Waals surface area contributed by atoms with E-state index in [1.54, 1.807) is 194 Å². The molecule has 0 fully saturated rings. The maximum atomic E-state index is 15.1. The molecule has 0 aliphatic carbocycles. The van der Waals surface area contributed by atoms with Gasteiger partial charge in [-0.25, -0.2) is 9.59 Å². The van der Waals surface area contributed by atoms with Gasteiger partial charge in [0.05, 0.1) is 16.7 Å². The van der Waals surface area contributed by atoms with Crippen molar-refractivity contribution in [2.24, 2.45) is 0 Å². The molecule has 20 nitrogen and oxygen atoms in total. The van der Waals surface area contributed by atoms with Crippen LogP contribution in [0.5, 0.6) is 34.5 Å². The minimum atomic E-state index is -0.695. The lowest BCUT2D eigenvalue weighted by Gasteiger charge is -2.29. The zero-order chi connectivity index (χ0) is 87.1. The second kappa shape index (κ2) is 28.9. The van der Waals surface area contributed by atoms with Crippen LogP contribution in [-0.2, 0) is 12.8 Å². The Morgan fingerprint density at radius 2 is 0.551 bits per heavy atom. The second-order valence-electron chi connectivity index (χ2n) is 32.7. The number of aliphatic hydroxyl groups is 1. The largest absolute Gasteiger partial charge is 0.457 e. The summed E-state index contributed by atoms with van der Waals surface area (Å²) in [6.07, 6.45) is 0.570. The van der Waals surface area contributed by atoms with E-state index in [0.29, 0.717) is 153 Å². The zero-order valence-corrected chi connectivity index (χ0v) is 68.4. The highest BCUT2D eigenvalue weighted by Crippen LogP contribution is 2.54. The molecule has 612 valence electrons. The highest BCUT2D eigenvalue weighted by Gasteiger charge is 2.40. The first-order chi connectivity index (χ1) is 61.6. The van der Waals surface area contributed by atoms with E-state index in [-0.39, 0.29) is 114 Å². The summed E-state index contributed by atoms with van der Waals surface area (Å²) in [5, 5.41) is 23.9. The Bertz CT molecular complexity index is 8030. The SMILES string of the molecule is CC(=O)c1ccc2c3ccc4c5c(ccc(c6ccc(C(C)=O)c1c26)c53)C(=O)N(CCc1ccc(Oc2cc(C(C)=O)c3c(C(C)=O)ccc5c6c(Oc7ccc(CCN8C(=O)c9ccc%10c%11ccc(C(=O)Oc%12ccccc%12)c%12c(C(=O)Oc%13ccccc%13)ccc(c%13ccc(c9c%10%13)C8=O)c%12%11)cc7)cc7c8c(ccc(c2c35)c86)C(=O)N(CCCO)C7=O)cc1)C4=O. The van der Waals surface area contributed by atoms with E-state index in [0.717, 1.165) is 48.3 Å². The highest BCUT2D eigenvalue weighted by atomic mass is 16.5. The molecule has 19 aromatic carbocycles. The van der Waals surface area contributed by atoms with E-state index in [2.05, 4.69) is 0 Å². The van der Waals surface area contributed by atoms with Crippen LogP contribution in [0.3, 0.4) is 0 Å². The van der Waals surface area contributed by atoms with Gasteiger partial charge >= 0.3 is 11.9 Å². The smallest absolute Gasteiger partial charge is 0.344 e. The van der Waals surface area contributed by atoms with Crippen LogP contribution in [0.4, 0.5) is 0 Å². The van der Waals surface area contributed by atoms with Crippen LogP contribution in [0.2, 0.25) is 0 Å². The van der Waals surface area contributed by atoms with E-state index < -0.39 is 47.4 Å². The molecule has 6 amide bonds. The van der Waals surface area contributed by atoms with Crippen LogP contribution in [0.25, 0.3) is 129 Å². The van der Waals surface area contributed by atoms with Crippen LogP contribution >= 0.6 is 0 Å². The van der Waals surface area contributed by atoms with Crippen molar-refractivity contribution < 1.29 is 81.6 Å². The molecule has 3 aliphatic rings. The van der Waals surface area contributed by atoms with Gasteiger partial charge in [-0.2, -0.15) is 0 Å². The minimum absolute atomic E-state index is 0.0174. The van der Waals surface area contributed by atoms with Crippen molar-refractivity contribution in [3.05, 3.63) is 321 Å². The van der Waals surface area contributed by atoms with Crippen molar-refractivity contribution in [2.75, 3.05) is 26.2 Å². The minimum Gasteiger partial charge on any atom is -0.457 e. The molecule has 1 N–H and O–H groups in total. The van der Waals surface area contributed by atoms with Crippen LogP contribution < -0.4 is 18.9 Å². The number of Topliss-reactive ketones (excluding diaryl/α,β-unsaturated/α-hetero) is 4. The highest BCUT2D eigenvalue weighted by molar-refractivity contribution is 6.45.